The van der Waals surface area contributed by atoms with E-state index in [0.717, 1.165) is 17.4 Å². The van der Waals surface area contributed by atoms with Gasteiger partial charge in [0, 0.05) is 11.4 Å². The van der Waals surface area contributed by atoms with Crippen LogP contribution in [0.4, 0.5) is 9.52 Å². The smallest absolute Gasteiger partial charge is 0.260 e. The second-order valence-corrected chi connectivity index (χ2v) is 5.35. The van der Waals surface area contributed by atoms with E-state index in [1.54, 1.807) is 0 Å². The second kappa shape index (κ2) is 7.18. The molecule has 0 aliphatic rings. The first-order valence-corrected chi connectivity index (χ1v) is 7.11. The first kappa shape index (κ1) is 15.4. The molecular formula is C14H10ClFN2O2S. The van der Waals surface area contributed by atoms with Crippen molar-refractivity contribution in [1.82, 2.24) is 4.98 Å². The lowest BCUT2D eigenvalue weighted by Crippen LogP contribution is -2.13. The van der Waals surface area contributed by atoms with Crippen LogP contribution in [0, 0.1) is 17.7 Å². The summed E-state index contributed by atoms with van der Waals surface area (Å²) in [6.07, 6.45) is 1.87. The fourth-order valence-corrected chi connectivity index (χ4v) is 2.29. The number of aliphatic hydroxyl groups excluding tert-OH is 1. The third-order valence-electron chi connectivity index (χ3n) is 2.35. The SMILES string of the molecule is O=C(Nc1ncc(C#CCCO)s1)c1cc(Cl)ccc1F. The Morgan fingerprint density at radius 1 is 1.52 bits per heavy atom. The van der Waals surface area contributed by atoms with Crippen molar-refractivity contribution in [3.05, 3.63) is 45.7 Å². The van der Waals surface area contributed by atoms with E-state index in [9.17, 15) is 9.18 Å². The van der Waals surface area contributed by atoms with Crippen LogP contribution >= 0.6 is 22.9 Å². The largest absolute Gasteiger partial charge is 0.395 e. The number of nitrogens with one attached hydrogen (secondary N) is 1. The lowest BCUT2D eigenvalue weighted by molar-refractivity contribution is 0.102. The molecule has 0 unspecified atom stereocenters. The number of benzene rings is 1. The van der Waals surface area contributed by atoms with Crippen LogP contribution in [0.3, 0.4) is 0 Å². The topological polar surface area (TPSA) is 62.2 Å². The minimum absolute atomic E-state index is 0.0105. The number of thiazole rings is 1. The molecule has 0 aliphatic carbocycles. The van der Waals surface area contributed by atoms with Gasteiger partial charge in [-0.1, -0.05) is 34.8 Å². The van der Waals surface area contributed by atoms with Gasteiger partial charge in [-0.25, -0.2) is 9.37 Å². The summed E-state index contributed by atoms with van der Waals surface area (Å²) in [5.41, 5.74) is -0.148. The maximum atomic E-state index is 13.6. The van der Waals surface area contributed by atoms with Gasteiger partial charge in [0.1, 0.15) is 5.82 Å². The van der Waals surface area contributed by atoms with Gasteiger partial charge in [-0.2, -0.15) is 0 Å². The summed E-state index contributed by atoms with van der Waals surface area (Å²) in [5, 5.41) is 11.7. The Hall–Kier alpha value is -1.94. The third kappa shape index (κ3) is 4.26. The van der Waals surface area contributed by atoms with Gasteiger partial charge in [0.25, 0.3) is 5.91 Å². The first-order chi connectivity index (χ1) is 10.1. The summed E-state index contributed by atoms with van der Waals surface area (Å²) < 4.78 is 13.6. The lowest BCUT2D eigenvalue weighted by atomic mass is 10.2. The summed E-state index contributed by atoms with van der Waals surface area (Å²) in [4.78, 5) is 16.6. The Kier molecular flexibility index (Phi) is 5.28. The highest BCUT2D eigenvalue weighted by Crippen LogP contribution is 2.20. The summed E-state index contributed by atoms with van der Waals surface area (Å²) in [5.74, 6) is 4.26. The van der Waals surface area contributed by atoms with Gasteiger partial charge in [-0.3, -0.25) is 10.1 Å². The predicted octanol–water partition coefficient (Wildman–Crippen LogP) is 2.92. The second-order valence-electron chi connectivity index (χ2n) is 3.88. The maximum Gasteiger partial charge on any atom is 0.260 e. The number of hydrogen-bond donors (Lipinski definition) is 2. The molecule has 0 radical (unpaired) electrons. The number of aromatic nitrogens is 1. The van der Waals surface area contributed by atoms with Crippen molar-refractivity contribution in [2.45, 2.75) is 6.42 Å². The van der Waals surface area contributed by atoms with E-state index < -0.39 is 11.7 Å². The first-order valence-electron chi connectivity index (χ1n) is 5.92. The van der Waals surface area contributed by atoms with E-state index in [0.29, 0.717) is 16.4 Å². The summed E-state index contributed by atoms with van der Waals surface area (Å²) in [6, 6.07) is 3.75. The van der Waals surface area contributed by atoms with E-state index in [-0.39, 0.29) is 17.2 Å². The molecule has 1 aromatic carbocycles. The number of rotatable bonds is 3. The summed E-state index contributed by atoms with van der Waals surface area (Å²) >= 11 is 6.90. The minimum atomic E-state index is -0.656. The highest BCUT2D eigenvalue weighted by molar-refractivity contribution is 7.16. The zero-order valence-corrected chi connectivity index (χ0v) is 12.3. The van der Waals surface area contributed by atoms with Crippen molar-refractivity contribution >= 4 is 34.0 Å². The van der Waals surface area contributed by atoms with Crippen molar-refractivity contribution in [3.63, 3.8) is 0 Å². The molecule has 4 nitrogen and oxygen atoms in total. The molecule has 7 heteroatoms. The van der Waals surface area contributed by atoms with E-state index >= 15 is 0 Å². The van der Waals surface area contributed by atoms with Gasteiger partial charge >= 0.3 is 0 Å². The Labute approximate surface area is 129 Å². The number of hydrogen-bond acceptors (Lipinski definition) is 4. The minimum Gasteiger partial charge on any atom is -0.395 e. The quantitative estimate of drug-likeness (QED) is 0.853. The van der Waals surface area contributed by atoms with Crippen LogP contribution in [-0.2, 0) is 0 Å². The molecule has 2 N–H and O–H groups in total. The standard InChI is InChI=1S/C14H10ClFN2O2S/c15-9-4-5-12(16)11(7-9)13(20)18-14-17-8-10(21-14)3-1-2-6-19/h4-5,7-8,19H,2,6H2,(H,17,18,20). The average molecular weight is 325 g/mol. The van der Waals surface area contributed by atoms with Crippen molar-refractivity contribution in [2.24, 2.45) is 0 Å². The van der Waals surface area contributed by atoms with Gasteiger partial charge in [0.15, 0.2) is 5.13 Å². The van der Waals surface area contributed by atoms with Crippen LogP contribution in [0.15, 0.2) is 24.4 Å². The highest BCUT2D eigenvalue weighted by Gasteiger charge is 2.14. The zero-order chi connectivity index (χ0) is 15.2. The number of carbonyl (C=O) groups is 1. The fraction of sp³-hybridized carbons (Fsp3) is 0.143. The van der Waals surface area contributed by atoms with Gasteiger partial charge in [-0.15, -0.1) is 0 Å². The molecular weight excluding hydrogens is 315 g/mol. The maximum absolute atomic E-state index is 13.6. The van der Waals surface area contributed by atoms with Gasteiger partial charge in [0.2, 0.25) is 0 Å². The van der Waals surface area contributed by atoms with E-state index in [2.05, 4.69) is 22.1 Å². The van der Waals surface area contributed by atoms with Crippen LogP contribution in [0.5, 0.6) is 0 Å². The Balaban J connectivity index is 2.10. The molecule has 1 aromatic heterocycles. The summed E-state index contributed by atoms with van der Waals surface area (Å²) in [6.45, 7) is -0.0105. The molecule has 21 heavy (non-hydrogen) atoms. The molecule has 1 amide bonds. The lowest BCUT2D eigenvalue weighted by Gasteiger charge is -2.03. The van der Waals surface area contributed by atoms with Gasteiger partial charge in [0.05, 0.1) is 23.2 Å². The van der Waals surface area contributed by atoms with Crippen molar-refractivity contribution < 1.29 is 14.3 Å². The molecule has 0 saturated carbocycles. The number of anilines is 1. The van der Waals surface area contributed by atoms with Crippen molar-refractivity contribution in [3.8, 4) is 11.8 Å². The third-order valence-corrected chi connectivity index (χ3v) is 3.41. The Morgan fingerprint density at radius 2 is 2.33 bits per heavy atom. The fourth-order valence-electron chi connectivity index (χ4n) is 1.43. The zero-order valence-electron chi connectivity index (χ0n) is 10.7. The van der Waals surface area contributed by atoms with Crippen molar-refractivity contribution in [1.29, 1.82) is 0 Å². The molecule has 108 valence electrons. The molecule has 0 bridgehead atoms. The molecule has 0 fully saturated rings. The van der Waals surface area contributed by atoms with Crippen LogP contribution in [-0.4, -0.2) is 22.6 Å². The Bertz CT molecular complexity index is 721. The number of amides is 1. The number of aliphatic hydroxyl groups is 1. The van der Waals surface area contributed by atoms with E-state index in [1.807, 2.05) is 0 Å². The molecule has 0 saturated heterocycles. The summed E-state index contributed by atoms with van der Waals surface area (Å²) in [7, 11) is 0. The Morgan fingerprint density at radius 3 is 3.10 bits per heavy atom. The van der Waals surface area contributed by atoms with E-state index in [1.165, 1.54) is 18.3 Å². The van der Waals surface area contributed by atoms with Crippen molar-refractivity contribution in [2.75, 3.05) is 11.9 Å². The molecule has 1 heterocycles. The van der Waals surface area contributed by atoms with Gasteiger partial charge in [-0.05, 0) is 18.2 Å². The monoisotopic (exact) mass is 324 g/mol. The molecule has 0 spiro atoms. The number of carbonyl (C=O) groups excluding carboxylic acids is 1. The molecule has 2 rings (SSSR count). The number of nitrogens with zero attached hydrogens (tertiary/aromatic N) is 1. The molecule has 2 aromatic rings. The van der Waals surface area contributed by atoms with E-state index in [4.69, 9.17) is 16.7 Å². The average Bonchev–Trinajstić information content (AvgIpc) is 2.89. The normalized spacial score (nSPS) is 9.86. The van der Waals surface area contributed by atoms with Crippen LogP contribution < -0.4 is 5.32 Å². The number of halogens is 2. The highest BCUT2D eigenvalue weighted by atomic mass is 35.5. The van der Waals surface area contributed by atoms with Gasteiger partial charge < -0.3 is 5.11 Å². The predicted molar refractivity (Wildman–Crippen MR) is 80.1 cm³/mol. The van der Waals surface area contributed by atoms with Crippen LogP contribution in [0.2, 0.25) is 5.02 Å². The molecule has 0 atom stereocenters. The van der Waals surface area contributed by atoms with Crippen LogP contribution in [0.25, 0.3) is 0 Å². The van der Waals surface area contributed by atoms with Crippen LogP contribution in [0.1, 0.15) is 21.7 Å². The molecule has 0 aliphatic heterocycles.